The standard InChI is InChI=1S/C18H16F3N3O3S/c1-11-6-7-15(28-11)12-8-16(24-23-12)22-17(25)9-26-13-4-2-3-5-14(13)27-10-18(19,20)21/h2-8H,9-10H2,1H3,(H2,22,23,24,25). The number of H-pyrrole nitrogens is 1. The van der Waals surface area contributed by atoms with Crippen molar-refractivity contribution >= 4 is 23.1 Å². The zero-order chi connectivity index (χ0) is 20.1. The second kappa shape index (κ2) is 8.34. The van der Waals surface area contributed by atoms with Crippen LogP contribution in [0.3, 0.4) is 0 Å². The Morgan fingerprint density at radius 1 is 1.18 bits per heavy atom. The van der Waals surface area contributed by atoms with Crippen LogP contribution in [0.15, 0.2) is 42.5 Å². The third-order valence-electron chi connectivity index (χ3n) is 3.45. The van der Waals surface area contributed by atoms with Gasteiger partial charge in [-0.3, -0.25) is 9.89 Å². The molecule has 1 amide bonds. The molecule has 0 aliphatic rings. The first-order chi connectivity index (χ1) is 13.3. The number of amides is 1. The molecular weight excluding hydrogens is 395 g/mol. The highest BCUT2D eigenvalue weighted by atomic mass is 32.1. The summed E-state index contributed by atoms with van der Waals surface area (Å²) >= 11 is 1.59. The summed E-state index contributed by atoms with van der Waals surface area (Å²) in [7, 11) is 0. The molecule has 3 aromatic rings. The summed E-state index contributed by atoms with van der Waals surface area (Å²) in [6, 6.07) is 11.4. The Hall–Kier alpha value is -3.01. The number of ether oxygens (including phenoxy) is 2. The van der Waals surface area contributed by atoms with Gasteiger partial charge in [0.05, 0.1) is 10.6 Å². The van der Waals surface area contributed by atoms with E-state index in [1.54, 1.807) is 23.5 Å². The van der Waals surface area contributed by atoms with E-state index in [0.717, 1.165) is 15.4 Å². The number of aryl methyl sites for hydroxylation is 1. The van der Waals surface area contributed by atoms with Gasteiger partial charge in [-0.2, -0.15) is 18.3 Å². The molecule has 0 saturated heterocycles. The first-order valence-corrected chi connectivity index (χ1v) is 8.95. The molecule has 2 heterocycles. The number of aromatic amines is 1. The monoisotopic (exact) mass is 411 g/mol. The van der Waals surface area contributed by atoms with E-state index in [1.807, 2.05) is 19.1 Å². The average molecular weight is 411 g/mol. The fraction of sp³-hybridized carbons (Fsp3) is 0.222. The molecule has 0 radical (unpaired) electrons. The SMILES string of the molecule is Cc1ccc(-c2cc(NC(=O)COc3ccccc3OCC(F)(F)F)n[nH]2)s1. The van der Waals surface area contributed by atoms with Gasteiger partial charge in [0.15, 0.2) is 30.5 Å². The highest BCUT2D eigenvalue weighted by Crippen LogP contribution is 2.29. The van der Waals surface area contributed by atoms with Crippen LogP contribution < -0.4 is 14.8 Å². The van der Waals surface area contributed by atoms with Crippen molar-refractivity contribution in [1.29, 1.82) is 0 Å². The van der Waals surface area contributed by atoms with E-state index >= 15 is 0 Å². The molecule has 1 aromatic carbocycles. The molecule has 28 heavy (non-hydrogen) atoms. The van der Waals surface area contributed by atoms with Crippen molar-refractivity contribution in [2.75, 3.05) is 18.5 Å². The fourth-order valence-corrected chi connectivity index (χ4v) is 3.10. The summed E-state index contributed by atoms with van der Waals surface area (Å²) in [4.78, 5) is 14.2. The van der Waals surface area contributed by atoms with Gasteiger partial charge in [0.1, 0.15) is 0 Å². The quantitative estimate of drug-likeness (QED) is 0.604. The summed E-state index contributed by atoms with van der Waals surface area (Å²) in [5.74, 6) is -0.247. The number of aromatic nitrogens is 2. The molecule has 2 aromatic heterocycles. The van der Waals surface area contributed by atoms with Gasteiger partial charge in [-0.25, -0.2) is 0 Å². The maximum absolute atomic E-state index is 12.3. The minimum absolute atomic E-state index is 0.0404. The van der Waals surface area contributed by atoms with E-state index in [4.69, 9.17) is 9.47 Å². The van der Waals surface area contributed by atoms with Crippen LogP contribution in [0.4, 0.5) is 19.0 Å². The van der Waals surface area contributed by atoms with E-state index in [0.29, 0.717) is 5.82 Å². The smallest absolute Gasteiger partial charge is 0.422 e. The Labute approximate surface area is 162 Å². The molecule has 0 fully saturated rings. The Bertz CT molecular complexity index is 953. The highest BCUT2D eigenvalue weighted by molar-refractivity contribution is 7.15. The minimum Gasteiger partial charge on any atom is -0.480 e. The molecule has 2 N–H and O–H groups in total. The Morgan fingerprint density at radius 2 is 1.89 bits per heavy atom. The van der Waals surface area contributed by atoms with Gasteiger partial charge < -0.3 is 14.8 Å². The number of carbonyl (C=O) groups is 1. The number of nitrogens with one attached hydrogen (secondary N) is 2. The topological polar surface area (TPSA) is 76.2 Å². The molecule has 0 bridgehead atoms. The zero-order valence-corrected chi connectivity index (χ0v) is 15.5. The molecule has 10 heteroatoms. The first-order valence-electron chi connectivity index (χ1n) is 8.13. The number of rotatable bonds is 7. The zero-order valence-electron chi connectivity index (χ0n) is 14.7. The van der Waals surface area contributed by atoms with Crippen molar-refractivity contribution in [1.82, 2.24) is 10.2 Å². The maximum atomic E-state index is 12.3. The van der Waals surface area contributed by atoms with Crippen LogP contribution in [0, 0.1) is 6.92 Å². The average Bonchev–Trinajstić information content (AvgIpc) is 3.27. The van der Waals surface area contributed by atoms with E-state index in [2.05, 4.69) is 15.5 Å². The molecular formula is C18H16F3N3O3S. The van der Waals surface area contributed by atoms with E-state index in [9.17, 15) is 18.0 Å². The predicted molar refractivity (Wildman–Crippen MR) is 98.8 cm³/mol. The van der Waals surface area contributed by atoms with Crippen LogP contribution >= 0.6 is 11.3 Å². The molecule has 3 rings (SSSR count). The molecule has 0 aliphatic heterocycles. The van der Waals surface area contributed by atoms with E-state index in [1.165, 1.54) is 18.2 Å². The number of hydrogen-bond donors (Lipinski definition) is 2. The van der Waals surface area contributed by atoms with Gasteiger partial charge in [0.2, 0.25) is 0 Å². The Balaban J connectivity index is 1.56. The number of halogens is 3. The number of thiophene rings is 1. The molecule has 0 unspecified atom stereocenters. The van der Waals surface area contributed by atoms with Gasteiger partial charge in [-0.15, -0.1) is 11.3 Å². The van der Waals surface area contributed by atoms with Crippen LogP contribution in [0.5, 0.6) is 11.5 Å². The first kappa shape index (κ1) is 19.7. The van der Waals surface area contributed by atoms with Gasteiger partial charge >= 0.3 is 6.18 Å². The number of alkyl halides is 3. The second-order valence-electron chi connectivity index (χ2n) is 5.76. The summed E-state index contributed by atoms with van der Waals surface area (Å²) in [6.45, 7) is 0.130. The summed E-state index contributed by atoms with van der Waals surface area (Å²) in [5.41, 5.74) is 0.764. The lowest BCUT2D eigenvalue weighted by atomic mass is 10.3. The maximum Gasteiger partial charge on any atom is 0.422 e. The van der Waals surface area contributed by atoms with Gasteiger partial charge in [-0.1, -0.05) is 12.1 Å². The van der Waals surface area contributed by atoms with Gasteiger partial charge in [0.25, 0.3) is 5.91 Å². The lowest BCUT2D eigenvalue weighted by molar-refractivity contribution is -0.153. The largest absolute Gasteiger partial charge is 0.480 e. The second-order valence-corrected chi connectivity index (χ2v) is 7.05. The molecule has 0 aliphatic carbocycles. The van der Waals surface area contributed by atoms with Crippen LogP contribution in [0.1, 0.15) is 4.88 Å². The third-order valence-corrected chi connectivity index (χ3v) is 4.48. The molecule has 0 spiro atoms. The van der Waals surface area contributed by atoms with Crippen LogP contribution in [-0.2, 0) is 4.79 Å². The Kier molecular flexibility index (Phi) is 5.88. The molecule has 0 saturated carbocycles. The number of nitrogens with zero attached hydrogens (tertiary/aromatic N) is 1. The summed E-state index contributed by atoms with van der Waals surface area (Å²) in [5, 5.41) is 9.41. The third kappa shape index (κ3) is 5.49. The molecule has 148 valence electrons. The molecule has 6 nitrogen and oxygen atoms in total. The van der Waals surface area contributed by atoms with Crippen molar-refractivity contribution in [3.63, 3.8) is 0 Å². The van der Waals surface area contributed by atoms with Gasteiger partial charge in [0, 0.05) is 10.9 Å². The fourth-order valence-electron chi connectivity index (χ4n) is 2.26. The summed E-state index contributed by atoms with van der Waals surface area (Å²) in [6.07, 6.45) is -4.47. The number of hydrogen-bond acceptors (Lipinski definition) is 5. The van der Waals surface area contributed by atoms with Crippen molar-refractivity contribution < 1.29 is 27.4 Å². The lowest BCUT2D eigenvalue weighted by Crippen LogP contribution is -2.22. The number of benzene rings is 1. The number of para-hydroxylation sites is 2. The number of anilines is 1. The van der Waals surface area contributed by atoms with Crippen molar-refractivity contribution in [2.24, 2.45) is 0 Å². The number of carbonyl (C=O) groups excluding carboxylic acids is 1. The van der Waals surface area contributed by atoms with Gasteiger partial charge in [-0.05, 0) is 31.2 Å². The molecule has 0 atom stereocenters. The van der Waals surface area contributed by atoms with E-state index in [-0.39, 0.29) is 11.5 Å². The van der Waals surface area contributed by atoms with Crippen LogP contribution in [0.2, 0.25) is 0 Å². The predicted octanol–water partition coefficient (Wildman–Crippen LogP) is 4.41. The Morgan fingerprint density at radius 3 is 2.54 bits per heavy atom. The van der Waals surface area contributed by atoms with E-state index < -0.39 is 25.3 Å². The van der Waals surface area contributed by atoms with Crippen molar-refractivity contribution in [3.8, 4) is 22.1 Å². The lowest BCUT2D eigenvalue weighted by Gasteiger charge is -2.13. The minimum atomic E-state index is -4.47. The normalized spacial score (nSPS) is 11.3. The highest BCUT2D eigenvalue weighted by Gasteiger charge is 2.29. The van der Waals surface area contributed by atoms with Crippen molar-refractivity contribution in [2.45, 2.75) is 13.1 Å². The summed E-state index contributed by atoms with van der Waals surface area (Å²) < 4.78 is 46.9. The van der Waals surface area contributed by atoms with Crippen LogP contribution in [-0.4, -0.2) is 35.5 Å². The van der Waals surface area contributed by atoms with Crippen LogP contribution in [0.25, 0.3) is 10.6 Å². The van der Waals surface area contributed by atoms with Crippen molar-refractivity contribution in [3.05, 3.63) is 47.3 Å².